The van der Waals surface area contributed by atoms with Gasteiger partial charge in [0.15, 0.2) is 0 Å². The van der Waals surface area contributed by atoms with Gasteiger partial charge >= 0.3 is 0 Å². The molecule has 0 fully saturated rings. The number of hydrogen-bond donors (Lipinski definition) is 0. The zero-order valence-electron chi connectivity index (χ0n) is 25.4. The first-order chi connectivity index (χ1) is 17.2. The average molecular weight is 492 g/mol. The van der Waals surface area contributed by atoms with E-state index in [1.807, 2.05) is 0 Å². The Morgan fingerprint density at radius 1 is 0.778 bits per heavy atom. The predicted molar refractivity (Wildman–Crippen MR) is 162 cm³/mol. The van der Waals surface area contributed by atoms with E-state index in [1.54, 1.807) is 11.5 Å². The van der Waals surface area contributed by atoms with Crippen LogP contribution < -0.4 is 0 Å². The van der Waals surface area contributed by atoms with Gasteiger partial charge in [-0.1, -0.05) is 142 Å². The van der Waals surface area contributed by atoms with Crippen molar-refractivity contribution in [2.45, 2.75) is 132 Å². The fraction of sp³-hybridized carbons (Fsp3) is 0.694. The Kier molecular flexibility index (Phi) is 13.6. The van der Waals surface area contributed by atoms with Crippen molar-refractivity contribution in [2.75, 3.05) is 0 Å². The first-order valence-corrected chi connectivity index (χ1v) is 15.5. The normalized spacial score (nSPS) is 18.5. The molecule has 3 atom stereocenters. The third kappa shape index (κ3) is 9.87. The van der Waals surface area contributed by atoms with Crippen molar-refractivity contribution in [3.05, 3.63) is 65.1 Å². The Balaban J connectivity index is 2.37. The van der Waals surface area contributed by atoms with Gasteiger partial charge in [0, 0.05) is 11.8 Å². The second kappa shape index (κ2) is 15.8. The van der Waals surface area contributed by atoms with Crippen LogP contribution in [-0.4, -0.2) is 0 Å². The van der Waals surface area contributed by atoms with Crippen molar-refractivity contribution in [2.24, 2.45) is 29.6 Å². The third-order valence-electron chi connectivity index (χ3n) is 8.13. The van der Waals surface area contributed by atoms with E-state index in [0.29, 0.717) is 17.8 Å². The lowest BCUT2D eigenvalue weighted by Crippen LogP contribution is -2.22. The maximum atomic E-state index is 2.67. The van der Waals surface area contributed by atoms with E-state index in [9.17, 15) is 0 Å². The molecule has 0 saturated carbocycles. The molecule has 1 aromatic rings. The third-order valence-corrected chi connectivity index (χ3v) is 8.13. The lowest BCUT2D eigenvalue weighted by Gasteiger charge is -2.34. The fourth-order valence-electron chi connectivity index (χ4n) is 6.60. The van der Waals surface area contributed by atoms with E-state index in [-0.39, 0.29) is 0 Å². The molecule has 0 amide bonds. The van der Waals surface area contributed by atoms with Crippen LogP contribution in [0.1, 0.15) is 143 Å². The number of allylic oxidation sites excluding steroid dienone is 4. The molecule has 0 heterocycles. The smallest absolute Gasteiger partial charge is 0.0251 e. The van der Waals surface area contributed by atoms with Crippen LogP contribution in [0.4, 0.5) is 0 Å². The molecule has 1 aromatic carbocycles. The monoisotopic (exact) mass is 491 g/mol. The molecular weight excluding hydrogens is 432 g/mol. The highest BCUT2D eigenvalue weighted by atomic mass is 14.3. The molecule has 0 nitrogen and oxygen atoms in total. The summed E-state index contributed by atoms with van der Waals surface area (Å²) in [6.45, 7) is 21.5. The number of hydrogen-bond acceptors (Lipinski definition) is 0. The molecule has 36 heavy (non-hydrogen) atoms. The zero-order chi connectivity index (χ0) is 26.7. The number of benzene rings is 1. The van der Waals surface area contributed by atoms with Crippen LogP contribution in [0.5, 0.6) is 0 Å². The quantitative estimate of drug-likeness (QED) is 0.216. The molecule has 1 aliphatic rings. The van der Waals surface area contributed by atoms with Gasteiger partial charge in [0.05, 0.1) is 0 Å². The van der Waals surface area contributed by atoms with Gasteiger partial charge in [-0.15, -0.1) is 0 Å². The summed E-state index contributed by atoms with van der Waals surface area (Å²) >= 11 is 0. The number of unbranched alkanes of at least 4 members (excludes halogenated alkanes) is 1. The van der Waals surface area contributed by atoms with E-state index in [1.165, 1.54) is 68.9 Å². The first-order valence-electron chi connectivity index (χ1n) is 15.5. The van der Waals surface area contributed by atoms with E-state index in [2.05, 4.69) is 105 Å². The van der Waals surface area contributed by atoms with Crippen molar-refractivity contribution in [3.8, 4) is 0 Å². The second-order valence-corrected chi connectivity index (χ2v) is 13.1. The standard InChI is InChI=1S/C36H59/c1-10-12-16-30(15-11-2)23-29(9)24-33-25-31(36-18-14-13-17-34(36)28(7)8)19-20-35(33)32(21-26(3)4)22-27(5)6/h13-14,17-20,25-32H,10-12,15-16,21-24H2,1-9H3. The summed E-state index contributed by atoms with van der Waals surface area (Å²) in [4.78, 5) is 0. The molecule has 0 heteroatoms. The minimum atomic E-state index is 0.403. The summed E-state index contributed by atoms with van der Waals surface area (Å²) in [6.07, 6.45) is 19.8. The maximum absolute atomic E-state index is 2.67. The largest absolute Gasteiger partial charge is 0.0763 e. The van der Waals surface area contributed by atoms with Crippen LogP contribution in [0, 0.1) is 35.5 Å². The Labute approximate surface area is 226 Å². The molecular formula is C36H59. The van der Waals surface area contributed by atoms with Crippen LogP contribution in [-0.2, 0) is 0 Å². The highest BCUT2D eigenvalue weighted by Gasteiger charge is 2.30. The number of rotatable bonds is 16. The molecule has 0 aliphatic heterocycles. The second-order valence-electron chi connectivity index (χ2n) is 13.1. The lowest BCUT2D eigenvalue weighted by molar-refractivity contribution is 0.330. The minimum absolute atomic E-state index is 0.403. The Morgan fingerprint density at radius 3 is 2.03 bits per heavy atom. The van der Waals surface area contributed by atoms with E-state index in [4.69, 9.17) is 0 Å². The van der Waals surface area contributed by atoms with E-state index >= 15 is 0 Å². The summed E-state index contributed by atoms with van der Waals surface area (Å²) in [7, 11) is 0. The van der Waals surface area contributed by atoms with Gasteiger partial charge < -0.3 is 0 Å². The van der Waals surface area contributed by atoms with Gasteiger partial charge in [0.2, 0.25) is 0 Å². The van der Waals surface area contributed by atoms with Gasteiger partial charge in [-0.05, 0) is 72.3 Å². The Bertz CT molecular complexity index is 782. The van der Waals surface area contributed by atoms with Crippen molar-refractivity contribution in [1.82, 2.24) is 0 Å². The van der Waals surface area contributed by atoms with Crippen molar-refractivity contribution >= 4 is 0 Å². The van der Waals surface area contributed by atoms with Gasteiger partial charge in [0.25, 0.3) is 0 Å². The SMILES string of the molecule is CCCCC(CCC)CC(C)CC1=CC(c2ccccc2C(C)C)C=C[C]1C(CC(C)C)CC(C)C. The molecule has 1 aliphatic carbocycles. The Morgan fingerprint density at radius 2 is 1.44 bits per heavy atom. The summed E-state index contributed by atoms with van der Waals surface area (Å²) in [5.74, 6) is 6.39. The van der Waals surface area contributed by atoms with Crippen LogP contribution >= 0.6 is 0 Å². The maximum Gasteiger partial charge on any atom is 0.0251 e. The minimum Gasteiger partial charge on any atom is -0.0763 e. The molecule has 1 radical (unpaired) electrons. The molecule has 203 valence electrons. The van der Waals surface area contributed by atoms with Crippen LogP contribution in [0.25, 0.3) is 0 Å². The Hall–Kier alpha value is -1.30. The molecule has 3 unspecified atom stereocenters. The zero-order valence-corrected chi connectivity index (χ0v) is 25.4. The summed E-state index contributed by atoms with van der Waals surface area (Å²) < 4.78 is 0. The van der Waals surface area contributed by atoms with Gasteiger partial charge in [-0.3, -0.25) is 0 Å². The van der Waals surface area contributed by atoms with Crippen molar-refractivity contribution in [1.29, 1.82) is 0 Å². The molecule has 0 spiro atoms. The molecule has 0 aromatic heterocycles. The average Bonchev–Trinajstić information content (AvgIpc) is 2.81. The summed E-state index contributed by atoms with van der Waals surface area (Å²) in [6, 6.07) is 9.15. The van der Waals surface area contributed by atoms with Crippen LogP contribution in [0.2, 0.25) is 0 Å². The highest BCUT2D eigenvalue weighted by Crippen LogP contribution is 2.43. The van der Waals surface area contributed by atoms with Crippen molar-refractivity contribution in [3.63, 3.8) is 0 Å². The summed E-state index contributed by atoms with van der Waals surface area (Å²) in [5, 5.41) is 0. The summed E-state index contributed by atoms with van der Waals surface area (Å²) in [5.41, 5.74) is 4.66. The molecule has 0 N–H and O–H groups in total. The van der Waals surface area contributed by atoms with E-state index in [0.717, 1.165) is 23.7 Å². The van der Waals surface area contributed by atoms with Crippen molar-refractivity contribution < 1.29 is 0 Å². The first kappa shape index (κ1) is 30.9. The van der Waals surface area contributed by atoms with Crippen LogP contribution in [0.3, 0.4) is 0 Å². The van der Waals surface area contributed by atoms with Gasteiger partial charge in [-0.2, -0.15) is 0 Å². The van der Waals surface area contributed by atoms with Crippen LogP contribution in [0.15, 0.2) is 48.1 Å². The van der Waals surface area contributed by atoms with Gasteiger partial charge in [-0.25, -0.2) is 0 Å². The van der Waals surface area contributed by atoms with Gasteiger partial charge in [0.1, 0.15) is 0 Å². The lowest BCUT2D eigenvalue weighted by atomic mass is 9.70. The topological polar surface area (TPSA) is 0 Å². The fourth-order valence-corrected chi connectivity index (χ4v) is 6.60. The molecule has 2 rings (SSSR count). The van der Waals surface area contributed by atoms with E-state index < -0.39 is 0 Å². The molecule has 0 bridgehead atoms. The molecule has 0 saturated heterocycles. The predicted octanol–water partition coefficient (Wildman–Crippen LogP) is 11.7. The highest BCUT2D eigenvalue weighted by molar-refractivity contribution is 5.48.